The Morgan fingerprint density at radius 2 is 1.74 bits per heavy atom. The summed E-state index contributed by atoms with van der Waals surface area (Å²) in [6.07, 6.45) is -4.72. The fraction of sp³-hybridized carbons (Fsp3) is 0.188. The van der Waals surface area contributed by atoms with Crippen LogP contribution < -0.4 is 5.73 Å². The van der Waals surface area contributed by atoms with Crippen LogP contribution in [0.2, 0.25) is 0 Å². The third-order valence-corrected chi connectivity index (χ3v) is 3.47. The minimum atomic E-state index is -4.72. The number of hydrogen-bond donors (Lipinski definition) is 1. The first-order valence-electron chi connectivity index (χ1n) is 6.51. The van der Waals surface area contributed by atoms with Gasteiger partial charge in [0.25, 0.3) is 0 Å². The van der Waals surface area contributed by atoms with E-state index in [1.807, 2.05) is 0 Å². The van der Waals surface area contributed by atoms with Gasteiger partial charge in [0.15, 0.2) is 0 Å². The Hall–Kier alpha value is -2.57. The average molecular weight is 327 g/mol. The van der Waals surface area contributed by atoms with E-state index in [4.69, 9.17) is 5.73 Å². The van der Waals surface area contributed by atoms with Gasteiger partial charge in [0.05, 0.1) is 18.2 Å². The number of benzene rings is 2. The van der Waals surface area contributed by atoms with Gasteiger partial charge >= 0.3 is 12.1 Å². The highest BCUT2D eigenvalue weighted by Crippen LogP contribution is 2.42. The predicted molar refractivity (Wildman–Crippen MR) is 77.3 cm³/mol. The van der Waals surface area contributed by atoms with E-state index in [2.05, 4.69) is 4.74 Å². The quantitative estimate of drug-likeness (QED) is 0.511. The standard InChI is InChI=1S/C16H13F4NO2/c1-8-13(9-3-5-10(17)6-4-9)12(16(18,19)20)7-11(14(8)21)15(22)23-2/h3-7H,21H2,1-2H3. The van der Waals surface area contributed by atoms with Gasteiger partial charge in [0, 0.05) is 5.69 Å². The summed E-state index contributed by atoms with van der Waals surface area (Å²) < 4.78 is 57.7. The van der Waals surface area contributed by atoms with Crippen LogP contribution in [0.4, 0.5) is 23.2 Å². The number of methoxy groups -OCH3 is 1. The maximum atomic E-state index is 13.4. The van der Waals surface area contributed by atoms with Crippen molar-refractivity contribution in [3.63, 3.8) is 0 Å². The van der Waals surface area contributed by atoms with Crippen molar-refractivity contribution in [2.45, 2.75) is 13.1 Å². The number of alkyl halides is 3. The summed E-state index contributed by atoms with van der Waals surface area (Å²) in [6, 6.07) is 5.22. The molecule has 0 fully saturated rings. The Kier molecular flexibility index (Phi) is 4.31. The fourth-order valence-electron chi connectivity index (χ4n) is 2.32. The lowest BCUT2D eigenvalue weighted by Crippen LogP contribution is -2.15. The number of nitrogens with two attached hydrogens (primary N) is 1. The van der Waals surface area contributed by atoms with Gasteiger partial charge in [-0.1, -0.05) is 12.1 Å². The van der Waals surface area contributed by atoms with Gasteiger partial charge in [-0.2, -0.15) is 13.2 Å². The normalized spacial score (nSPS) is 11.4. The number of carbonyl (C=O) groups excluding carboxylic acids is 1. The molecule has 0 amide bonds. The lowest BCUT2D eigenvalue weighted by atomic mass is 9.90. The van der Waals surface area contributed by atoms with Crippen molar-refractivity contribution in [1.82, 2.24) is 0 Å². The summed E-state index contributed by atoms with van der Waals surface area (Å²) in [5.74, 6) is -1.53. The SMILES string of the molecule is COC(=O)c1cc(C(F)(F)F)c(-c2ccc(F)cc2)c(C)c1N. The summed E-state index contributed by atoms with van der Waals surface area (Å²) in [4.78, 5) is 11.6. The second-order valence-corrected chi connectivity index (χ2v) is 4.88. The largest absolute Gasteiger partial charge is 0.465 e. The topological polar surface area (TPSA) is 52.3 Å². The van der Waals surface area contributed by atoms with E-state index in [1.165, 1.54) is 19.1 Å². The van der Waals surface area contributed by atoms with Crippen LogP contribution in [-0.2, 0) is 10.9 Å². The van der Waals surface area contributed by atoms with Crippen LogP contribution in [0, 0.1) is 12.7 Å². The number of esters is 1. The second kappa shape index (κ2) is 5.91. The summed E-state index contributed by atoms with van der Waals surface area (Å²) in [7, 11) is 1.05. The molecule has 0 aliphatic heterocycles. The zero-order chi connectivity index (χ0) is 17.4. The van der Waals surface area contributed by atoms with E-state index in [-0.39, 0.29) is 27.9 Å². The maximum Gasteiger partial charge on any atom is 0.417 e. The average Bonchev–Trinajstić information content (AvgIpc) is 2.49. The third-order valence-electron chi connectivity index (χ3n) is 3.47. The molecule has 3 nitrogen and oxygen atoms in total. The highest BCUT2D eigenvalue weighted by molar-refractivity contribution is 5.98. The first-order chi connectivity index (χ1) is 10.7. The molecule has 2 rings (SSSR count). The van der Waals surface area contributed by atoms with Crippen LogP contribution in [-0.4, -0.2) is 13.1 Å². The van der Waals surface area contributed by atoms with Gasteiger partial charge in [-0.25, -0.2) is 9.18 Å². The first kappa shape index (κ1) is 16.8. The van der Waals surface area contributed by atoms with Gasteiger partial charge in [-0.05, 0) is 41.8 Å². The van der Waals surface area contributed by atoms with Crippen LogP contribution in [0.3, 0.4) is 0 Å². The number of hydrogen-bond acceptors (Lipinski definition) is 3. The summed E-state index contributed by atoms with van der Waals surface area (Å²) in [5, 5.41) is 0. The number of nitrogen functional groups attached to an aromatic ring is 1. The highest BCUT2D eigenvalue weighted by Gasteiger charge is 2.36. The fourth-order valence-corrected chi connectivity index (χ4v) is 2.32. The Labute approximate surface area is 129 Å². The lowest BCUT2D eigenvalue weighted by molar-refractivity contribution is -0.137. The van der Waals surface area contributed by atoms with E-state index in [0.717, 1.165) is 19.2 Å². The molecule has 0 aromatic heterocycles. The summed E-state index contributed by atoms with van der Waals surface area (Å²) >= 11 is 0. The molecule has 2 aromatic rings. The zero-order valence-electron chi connectivity index (χ0n) is 12.3. The van der Waals surface area contributed by atoms with Gasteiger partial charge in [-0.15, -0.1) is 0 Å². The first-order valence-corrected chi connectivity index (χ1v) is 6.51. The third kappa shape index (κ3) is 3.13. The van der Waals surface area contributed by atoms with Crippen molar-refractivity contribution in [2.24, 2.45) is 0 Å². The second-order valence-electron chi connectivity index (χ2n) is 4.88. The Morgan fingerprint density at radius 3 is 2.22 bits per heavy atom. The van der Waals surface area contributed by atoms with Gasteiger partial charge < -0.3 is 10.5 Å². The summed E-state index contributed by atoms with van der Waals surface area (Å²) in [6.45, 7) is 1.37. The number of carbonyl (C=O) groups is 1. The molecule has 0 saturated carbocycles. The maximum absolute atomic E-state index is 13.4. The van der Waals surface area contributed by atoms with Crippen molar-refractivity contribution >= 4 is 11.7 Å². The molecule has 0 unspecified atom stereocenters. The van der Waals surface area contributed by atoms with Crippen LogP contribution in [0.5, 0.6) is 0 Å². The van der Waals surface area contributed by atoms with Crippen LogP contribution in [0.15, 0.2) is 30.3 Å². The summed E-state index contributed by atoms with van der Waals surface area (Å²) in [5.41, 5.74) is 4.34. The molecular weight excluding hydrogens is 314 g/mol. The van der Waals surface area contributed by atoms with E-state index in [9.17, 15) is 22.4 Å². The molecule has 2 N–H and O–H groups in total. The van der Waals surface area contributed by atoms with Gasteiger partial charge in [-0.3, -0.25) is 0 Å². The van der Waals surface area contributed by atoms with Crippen molar-refractivity contribution in [3.8, 4) is 11.1 Å². The Bertz CT molecular complexity index is 752. The molecule has 122 valence electrons. The monoisotopic (exact) mass is 327 g/mol. The van der Waals surface area contributed by atoms with Crippen molar-refractivity contribution < 1.29 is 27.1 Å². The van der Waals surface area contributed by atoms with E-state index >= 15 is 0 Å². The minimum absolute atomic E-state index is 0.0758. The van der Waals surface area contributed by atoms with Crippen LogP contribution >= 0.6 is 0 Å². The highest BCUT2D eigenvalue weighted by atomic mass is 19.4. The predicted octanol–water partition coefficient (Wildman–Crippen LogP) is 4.19. The Balaban J connectivity index is 2.82. The molecule has 0 heterocycles. The number of rotatable bonds is 2. The zero-order valence-corrected chi connectivity index (χ0v) is 12.3. The van der Waals surface area contributed by atoms with Crippen LogP contribution in [0.1, 0.15) is 21.5 Å². The van der Waals surface area contributed by atoms with Gasteiger partial charge in [0.2, 0.25) is 0 Å². The molecule has 0 spiro atoms. The molecule has 0 radical (unpaired) electrons. The molecule has 0 saturated heterocycles. The molecule has 7 heteroatoms. The van der Waals surface area contributed by atoms with Gasteiger partial charge in [0.1, 0.15) is 5.82 Å². The van der Waals surface area contributed by atoms with E-state index < -0.39 is 23.5 Å². The smallest absolute Gasteiger partial charge is 0.417 e. The van der Waals surface area contributed by atoms with Crippen molar-refractivity contribution in [3.05, 3.63) is 52.8 Å². The number of halogens is 4. The molecule has 0 atom stereocenters. The molecule has 23 heavy (non-hydrogen) atoms. The molecule has 0 aliphatic rings. The molecule has 0 aliphatic carbocycles. The van der Waals surface area contributed by atoms with E-state index in [0.29, 0.717) is 6.07 Å². The number of ether oxygens (including phenoxy) is 1. The van der Waals surface area contributed by atoms with Crippen molar-refractivity contribution in [2.75, 3.05) is 12.8 Å². The number of anilines is 1. The molecular formula is C16H13F4NO2. The Morgan fingerprint density at radius 1 is 1.17 bits per heavy atom. The minimum Gasteiger partial charge on any atom is -0.465 e. The van der Waals surface area contributed by atoms with Crippen molar-refractivity contribution in [1.29, 1.82) is 0 Å². The van der Waals surface area contributed by atoms with Crippen LogP contribution in [0.25, 0.3) is 11.1 Å². The molecule has 2 aromatic carbocycles. The lowest BCUT2D eigenvalue weighted by Gasteiger charge is -2.19. The van der Waals surface area contributed by atoms with E-state index in [1.54, 1.807) is 0 Å². The molecule has 0 bridgehead atoms.